The molecule has 0 aliphatic rings. The molecule has 6 aromatic carbocycles. The fourth-order valence-corrected chi connectivity index (χ4v) is 10.5. The van der Waals surface area contributed by atoms with Crippen molar-refractivity contribution < 1.29 is 39.4 Å². The van der Waals surface area contributed by atoms with Crippen molar-refractivity contribution in [2.45, 2.75) is 23.6 Å². The molecule has 59 heavy (non-hydrogen) atoms. The van der Waals surface area contributed by atoms with Gasteiger partial charge in [-0.3, -0.25) is 0 Å². The molecule has 0 saturated carbocycles. The Morgan fingerprint density at radius 1 is 0.458 bits per heavy atom. The molecule has 0 saturated heterocycles. The molecule has 8 rings (SSSR count). The average Bonchev–Trinajstić information content (AvgIpc) is 3.80. The second-order valence-corrected chi connectivity index (χ2v) is 16.8. The highest BCUT2D eigenvalue weighted by molar-refractivity contribution is 7.99. The number of aromatic hydroxyl groups is 4. The monoisotopic (exact) mass is 842 g/mol. The lowest BCUT2D eigenvalue weighted by atomic mass is 9.98. The molecule has 8 nitrogen and oxygen atoms in total. The number of fused-ring (bicyclic) bond motifs is 2. The van der Waals surface area contributed by atoms with E-state index in [4.69, 9.17) is 18.9 Å². The van der Waals surface area contributed by atoms with Gasteiger partial charge in [-0.2, -0.15) is 0 Å². The van der Waals surface area contributed by atoms with Crippen molar-refractivity contribution in [3.63, 3.8) is 0 Å². The van der Waals surface area contributed by atoms with Crippen molar-refractivity contribution in [1.82, 2.24) is 0 Å². The summed E-state index contributed by atoms with van der Waals surface area (Å²) >= 11 is 4.78. The van der Waals surface area contributed by atoms with Crippen molar-refractivity contribution >= 4 is 54.6 Å². The molecular weight excluding hydrogens is 801 g/mol. The summed E-state index contributed by atoms with van der Waals surface area (Å²) in [7, 11) is 0. The van der Waals surface area contributed by atoms with Crippen LogP contribution in [0.5, 0.6) is 34.5 Å². The molecule has 300 valence electrons. The van der Waals surface area contributed by atoms with Gasteiger partial charge in [-0.25, -0.2) is 0 Å². The first-order valence-electron chi connectivity index (χ1n) is 19.3. The van der Waals surface area contributed by atoms with E-state index >= 15 is 0 Å². The molecule has 11 heteroatoms. The van der Waals surface area contributed by atoms with Crippen LogP contribution in [-0.4, -0.2) is 60.1 Å². The van der Waals surface area contributed by atoms with E-state index in [1.165, 1.54) is 0 Å². The Hall–Kier alpha value is -5.69. The molecule has 0 radical (unpaired) electrons. The number of hydrogen-bond acceptors (Lipinski definition) is 11. The minimum absolute atomic E-state index is 0.177. The molecule has 2 aromatic heterocycles. The van der Waals surface area contributed by atoms with Gasteiger partial charge in [0.15, 0.2) is 0 Å². The predicted molar refractivity (Wildman–Crippen MR) is 240 cm³/mol. The van der Waals surface area contributed by atoms with E-state index in [1.807, 2.05) is 62.4 Å². The highest BCUT2D eigenvalue weighted by atomic mass is 32.2. The number of hydrogen-bond donors (Lipinski definition) is 4. The molecule has 0 fully saturated rings. The summed E-state index contributed by atoms with van der Waals surface area (Å²) in [5.74, 6) is 2.09. The first-order chi connectivity index (χ1) is 28.8. The van der Waals surface area contributed by atoms with E-state index in [1.54, 1.807) is 83.0 Å². The van der Waals surface area contributed by atoms with Crippen LogP contribution in [-0.2, 0) is 9.47 Å². The maximum Gasteiger partial charge on any atom is 0.120 e. The van der Waals surface area contributed by atoms with E-state index in [0.29, 0.717) is 51.1 Å². The van der Waals surface area contributed by atoms with Crippen LogP contribution in [0, 0.1) is 0 Å². The average molecular weight is 843 g/mol. The van der Waals surface area contributed by atoms with E-state index in [9.17, 15) is 20.4 Å². The van der Waals surface area contributed by atoms with Gasteiger partial charge < -0.3 is 39.4 Å². The maximum absolute atomic E-state index is 10.6. The SMILES string of the molecule is CCOCCOc1ccc(Sc2ccc(OCCOCC)cc2-c2c(-c3ccc(O)cc3)sc3cc(O)ccc23)c(-c2c(-c3ccc(O)cc3)sc3cc(O)ccc23)c1. The van der Waals surface area contributed by atoms with Crippen molar-refractivity contribution in [3.05, 3.63) is 121 Å². The third-order valence-electron chi connectivity index (χ3n) is 9.67. The third-order valence-corrected chi connectivity index (χ3v) is 13.2. The summed E-state index contributed by atoms with van der Waals surface area (Å²) < 4.78 is 25.5. The highest BCUT2D eigenvalue weighted by Crippen LogP contribution is 2.53. The number of thiophene rings is 2. The van der Waals surface area contributed by atoms with Crippen LogP contribution < -0.4 is 9.47 Å². The Morgan fingerprint density at radius 2 is 0.864 bits per heavy atom. The van der Waals surface area contributed by atoms with Crippen molar-refractivity contribution in [1.29, 1.82) is 0 Å². The fourth-order valence-electron chi connectivity index (χ4n) is 6.95. The largest absolute Gasteiger partial charge is 0.508 e. The van der Waals surface area contributed by atoms with Crippen LogP contribution in [0.2, 0.25) is 0 Å². The van der Waals surface area contributed by atoms with Crippen molar-refractivity contribution in [2.24, 2.45) is 0 Å². The second-order valence-electron chi connectivity index (χ2n) is 13.6. The summed E-state index contributed by atoms with van der Waals surface area (Å²) in [6.45, 7) is 6.80. The number of phenols is 4. The summed E-state index contributed by atoms with van der Waals surface area (Å²) in [6, 6.07) is 37.5. The Balaban J connectivity index is 1.33. The summed E-state index contributed by atoms with van der Waals surface area (Å²) in [5.41, 5.74) is 5.69. The first-order valence-corrected chi connectivity index (χ1v) is 21.7. The van der Waals surface area contributed by atoms with E-state index in [-0.39, 0.29) is 23.0 Å². The lowest BCUT2D eigenvalue weighted by Crippen LogP contribution is -2.06. The van der Waals surface area contributed by atoms with Crippen LogP contribution in [0.3, 0.4) is 0 Å². The number of benzene rings is 6. The molecular formula is C48H42O8S3. The van der Waals surface area contributed by atoms with Crippen molar-refractivity contribution in [2.75, 3.05) is 39.6 Å². The van der Waals surface area contributed by atoms with E-state index in [0.717, 1.165) is 73.1 Å². The standard InChI is InChI=1S/C48H42O8S3/c1-3-53-21-23-55-35-15-19-41(39(27-35)45-37-17-13-33(51)25-43(37)58-47(45)29-5-9-31(49)10-6-29)57-42-20-16-36(56-24-22-54-4-2)28-40(42)46-38-18-14-34(52)26-44(38)59-48(46)30-7-11-32(50)12-8-30/h5-20,25-28,49-52H,3-4,21-24H2,1-2H3. The van der Waals surface area contributed by atoms with Gasteiger partial charge in [0.2, 0.25) is 0 Å². The lowest BCUT2D eigenvalue weighted by molar-refractivity contribution is 0.110. The van der Waals surface area contributed by atoms with Gasteiger partial charge in [0.1, 0.15) is 47.7 Å². The van der Waals surface area contributed by atoms with Gasteiger partial charge in [0.25, 0.3) is 0 Å². The second kappa shape index (κ2) is 18.1. The van der Waals surface area contributed by atoms with Gasteiger partial charge in [-0.05, 0) is 146 Å². The smallest absolute Gasteiger partial charge is 0.120 e. The highest BCUT2D eigenvalue weighted by Gasteiger charge is 2.24. The quantitative estimate of drug-likeness (QED) is 0.0705. The maximum atomic E-state index is 10.6. The summed E-state index contributed by atoms with van der Waals surface area (Å²) in [6.07, 6.45) is 0. The van der Waals surface area contributed by atoms with Gasteiger partial charge in [0, 0.05) is 75.2 Å². The normalized spacial score (nSPS) is 11.4. The molecule has 0 amide bonds. The van der Waals surface area contributed by atoms with Gasteiger partial charge in [0.05, 0.1) is 13.2 Å². The Bertz CT molecular complexity index is 2530. The van der Waals surface area contributed by atoms with Gasteiger partial charge >= 0.3 is 0 Å². The van der Waals surface area contributed by atoms with Gasteiger partial charge in [-0.15, -0.1) is 22.7 Å². The van der Waals surface area contributed by atoms with Crippen LogP contribution in [0.1, 0.15) is 13.8 Å². The number of phenolic OH excluding ortho intramolecular Hbond substituents is 4. The Morgan fingerprint density at radius 3 is 1.27 bits per heavy atom. The topological polar surface area (TPSA) is 118 Å². The Kier molecular flexibility index (Phi) is 12.3. The first kappa shape index (κ1) is 40.1. The van der Waals surface area contributed by atoms with Crippen LogP contribution in [0.4, 0.5) is 0 Å². The predicted octanol–water partition coefficient (Wildman–Crippen LogP) is 12.6. The molecule has 0 spiro atoms. The zero-order valence-corrected chi connectivity index (χ0v) is 34.9. The summed E-state index contributed by atoms with van der Waals surface area (Å²) in [4.78, 5) is 3.89. The number of ether oxygens (including phenoxy) is 4. The molecule has 0 aliphatic heterocycles. The number of rotatable bonds is 16. The molecule has 4 N–H and O–H groups in total. The zero-order valence-electron chi connectivity index (χ0n) is 32.4. The van der Waals surface area contributed by atoms with E-state index in [2.05, 4.69) is 24.3 Å². The third kappa shape index (κ3) is 8.85. The zero-order chi connectivity index (χ0) is 40.9. The minimum atomic E-state index is 0.177. The molecule has 8 aromatic rings. The molecule has 2 heterocycles. The lowest BCUT2D eigenvalue weighted by Gasteiger charge is -2.18. The van der Waals surface area contributed by atoms with Crippen molar-refractivity contribution in [3.8, 4) is 77.6 Å². The van der Waals surface area contributed by atoms with Crippen LogP contribution in [0.15, 0.2) is 131 Å². The summed E-state index contributed by atoms with van der Waals surface area (Å²) in [5, 5.41) is 43.5. The molecule has 0 bridgehead atoms. The van der Waals surface area contributed by atoms with Crippen LogP contribution in [0.25, 0.3) is 63.3 Å². The van der Waals surface area contributed by atoms with Crippen LogP contribution >= 0.6 is 34.4 Å². The van der Waals surface area contributed by atoms with E-state index < -0.39 is 0 Å². The Labute approximate surface area is 354 Å². The molecule has 0 aliphatic carbocycles. The molecule has 0 unspecified atom stereocenters. The fraction of sp³-hybridized carbons (Fsp3) is 0.167. The van der Waals surface area contributed by atoms with Gasteiger partial charge in [-0.1, -0.05) is 11.8 Å². The molecule has 0 atom stereocenters. The minimum Gasteiger partial charge on any atom is -0.508 e.